The Morgan fingerprint density at radius 2 is 1.69 bits per heavy atom. The first kappa shape index (κ1) is 23.1. The minimum absolute atomic E-state index is 0.205. The normalized spacial score (nSPS) is 10.5. The number of hydrogen-bond donors (Lipinski definition) is 3. The van der Waals surface area contributed by atoms with Gasteiger partial charge in [0, 0.05) is 18.3 Å². The van der Waals surface area contributed by atoms with Crippen molar-refractivity contribution in [2.45, 2.75) is 6.92 Å². The van der Waals surface area contributed by atoms with Crippen molar-refractivity contribution in [2.75, 3.05) is 18.6 Å². The fourth-order valence-corrected chi connectivity index (χ4v) is 3.43. The molecular weight excluding hydrogens is 432 g/mol. The summed E-state index contributed by atoms with van der Waals surface area (Å²) in [7, 11) is 1.67. The summed E-state index contributed by atoms with van der Waals surface area (Å²) in [6.45, 7) is 1.95. The summed E-state index contributed by atoms with van der Waals surface area (Å²) in [4.78, 5) is 17.1. The Labute approximate surface area is 188 Å². The van der Waals surface area contributed by atoms with Crippen LogP contribution in [0.4, 0.5) is 14.5 Å². The molecule has 0 saturated carbocycles. The van der Waals surface area contributed by atoms with Crippen LogP contribution in [0.2, 0.25) is 0 Å². The number of nitrogens with one attached hydrogen (secondary N) is 3. The van der Waals surface area contributed by atoms with Crippen LogP contribution >= 0.6 is 11.8 Å². The molecule has 0 unspecified atom stereocenters. The number of benzene rings is 2. The van der Waals surface area contributed by atoms with Crippen molar-refractivity contribution < 1.29 is 13.6 Å². The average Bonchev–Trinajstić information content (AvgIpc) is 2.78. The fraction of sp³-hybridized carbons (Fsp3) is 0.130. The highest BCUT2D eigenvalue weighted by atomic mass is 32.2. The number of halogens is 2. The predicted octanol–water partition coefficient (Wildman–Crippen LogP) is 5.14. The van der Waals surface area contributed by atoms with Crippen molar-refractivity contribution in [3.05, 3.63) is 83.2 Å². The quantitative estimate of drug-likeness (QED) is 0.377. The number of amidine groups is 2. The Kier molecular flexibility index (Phi) is 6.99. The van der Waals surface area contributed by atoms with Crippen LogP contribution in [0.3, 0.4) is 0 Å². The maximum absolute atomic E-state index is 13.8. The molecule has 0 bridgehead atoms. The van der Waals surface area contributed by atoms with Crippen LogP contribution in [0.5, 0.6) is 0 Å². The van der Waals surface area contributed by atoms with Crippen LogP contribution in [0.25, 0.3) is 11.1 Å². The minimum atomic E-state index is -1.03. The minimum Gasteiger partial charge on any atom is -0.322 e. The lowest BCUT2D eigenvalue weighted by Crippen LogP contribution is -2.30. The molecule has 1 amide bonds. The van der Waals surface area contributed by atoms with Gasteiger partial charge in [0.25, 0.3) is 5.91 Å². The lowest BCUT2D eigenvalue weighted by molar-refractivity contribution is 0.101. The third-order valence-corrected chi connectivity index (χ3v) is 5.54. The summed E-state index contributed by atoms with van der Waals surface area (Å²) in [5.74, 6) is -2.76. The maximum Gasteiger partial charge on any atom is 0.261 e. The zero-order valence-electron chi connectivity index (χ0n) is 17.7. The van der Waals surface area contributed by atoms with E-state index < -0.39 is 23.1 Å². The van der Waals surface area contributed by atoms with Gasteiger partial charge < -0.3 is 10.2 Å². The van der Waals surface area contributed by atoms with Crippen molar-refractivity contribution in [3.63, 3.8) is 0 Å². The molecule has 0 atom stereocenters. The Bertz CT molecular complexity index is 1180. The van der Waals surface area contributed by atoms with E-state index >= 15 is 0 Å². The lowest BCUT2D eigenvalue weighted by atomic mass is 9.97. The zero-order chi connectivity index (χ0) is 23.4. The zero-order valence-corrected chi connectivity index (χ0v) is 18.5. The number of anilines is 1. The number of thioether (sulfide) groups is 1. The average molecular weight is 454 g/mol. The summed E-state index contributed by atoms with van der Waals surface area (Å²) in [5, 5.41) is 19.0. The molecule has 0 aliphatic rings. The van der Waals surface area contributed by atoms with Crippen molar-refractivity contribution in [3.8, 4) is 11.1 Å². The lowest BCUT2D eigenvalue weighted by Gasteiger charge is -2.20. The second-order valence-corrected chi connectivity index (χ2v) is 7.75. The van der Waals surface area contributed by atoms with E-state index in [1.807, 2.05) is 25.1 Å². The van der Waals surface area contributed by atoms with E-state index in [0.717, 1.165) is 29.1 Å². The predicted molar refractivity (Wildman–Crippen MR) is 125 cm³/mol. The SMILES string of the molecule is CSC(=N)N(C)C(=N)c1ccc(C)c(-c2ccc(NC(=O)c3c(F)cncc3F)cc2)c1. The molecule has 0 aliphatic heterocycles. The molecule has 32 heavy (non-hydrogen) atoms. The monoisotopic (exact) mass is 453 g/mol. The Hall–Kier alpha value is -3.59. The number of carbonyl (C=O) groups excluding carboxylic acids is 1. The summed E-state index contributed by atoms with van der Waals surface area (Å²) in [5.41, 5.74) is 3.07. The highest BCUT2D eigenvalue weighted by Gasteiger charge is 2.18. The number of carbonyl (C=O) groups is 1. The summed E-state index contributed by atoms with van der Waals surface area (Å²) in [6.07, 6.45) is 3.35. The molecule has 164 valence electrons. The highest BCUT2D eigenvalue weighted by molar-refractivity contribution is 8.13. The van der Waals surface area contributed by atoms with Crippen molar-refractivity contribution >= 4 is 34.4 Å². The van der Waals surface area contributed by atoms with Crippen LogP contribution in [0.15, 0.2) is 54.9 Å². The molecule has 0 radical (unpaired) electrons. The number of aromatic nitrogens is 1. The van der Waals surface area contributed by atoms with Gasteiger partial charge in [-0.3, -0.25) is 20.6 Å². The number of aryl methyl sites for hydroxylation is 1. The van der Waals surface area contributed by atoms with Crippen LogP contribution in [0.1, 0.15) is 21.5 Å². The van der Waals surface area contributed by atoms with Crippen LogP contribution < -0.4 is 5.32 Å². The van der Waals surface area contributed by atoms with Crippen LogP contribution in [-0.2, 0) is 0 Å². The smallest absolute Gasteiger partial charge is 0.261 e. The largest absolute Gasteiger partial charge is 0.322 e. The fourth-order valence-electron chi connectivity index (χ4n) is 3.07. The van der Waals surface area contributed by atoms with Gasteiger partial charge in [0.05, 0.1) is 12.4 Å². The van der Waals surface area contributed by atoms with Crippen LogP contribution in [0, 0.1) is 29.4 Å². The first-order valence-electron chi connectivity index (χ1n) is 9.49. The second-order valence-electron chi connectivity index (χ2n) is 6.96. The van der Waals surface area contributed by atoms with Crippen LogP contribution in [-0.4, -0.2) is 40.1 Å². The molecule has 3 rings (SSSR count). The maximum atomic E-state index is 13.8. The van der Waals surface area contributed by atoms with E-state index in [1.165, 1.54) is 16.7 Å². The molecule has 1 aromatic heterocycles. The number of amides is 1. The standard InChI is InChI=1S/C23H21F2N5OS/c1-13-4-5-15(21(26)30(2)23(27)32-3)10-17(13)14-6-8-16(9-7-14)29-22(31)20-18(24)11-28-12-19(20)25/h4-12,26-27H,1-3H3,(H,29,31). The molecule has 0 fully saturated rings. The number of nitrogens with zero attached hydrogens (tertiary/aromatic N) is 2. The topological polar surface area (TPSA) is 92.9 Å². The van der Waals surface area contributed by atoms with Gasteiger partial charge >= 0.3 is 0 Å². The van der Waals surface area contributed by atoms with E-state index in [0.29, 0.717) is 11.3 Å². The number of hydrogen-bond acceptors (Lipinski definition) is 5. The van der Waals surface area contributed by atoms with Gasteiger partial charge in [0.2, 0.25) is 0 Å². The van der Waals surface area contributed by atoms with Gasteiger partial charge in [-0.05, 0) is 48.1 Å². The van der Waals surface area contributed by atoms with Crippen molar-refractivity contribution in [1.82, 2.24) is 9.88 Å². The molecule has 6 nitrogen and oxygen atoms in total. The molecule has 0 saturated heterocycles. The van der Waals surface area contributed by atoms with E-state index in [1.54, 1.807) is 37.6 Å². The van der Waals surface area contributed by atoms with Gasteiger partial charge in [-0.1, -0.05) is 36.0 Å². The first-order chi connectivity index (χ1) is 15.2. The highest BCUT2D eigenvalue weighted by Crippen LogP contribution is 2.27. The molecule has 3 aromatic rings. The molecule has 0 aliphatic carbocycles. The van der Waals surface area contributed by atoms with Gasteiger partial charge in [0.1, 0.15) is 11.4 Å². The van der Waals surface area contributed by atoms with Gasteiger partial charge in [0.15, 0.2) is 16.8 Å². The van der Waals surface area contributed by atoms with Gasteiger partial charge in [-0.25, -0.2) is 8.78 Å². The second kappa shape index (κ2) is 9.69. The third kappa shape index (κ3) is 4.83. The molecule has 3 N–H and O–H groups in total. The Morgan fingerprint density at radius 3 is 2.28 bits per heavy atom. The summed E-state index contributed by atoms with van der Waals surface area (Å²) < 4.78 is 27.5. The number of pyridine rings is 1. The van der Waals surface area contributed by atoms with Gasteiger partial charge in [-0.15, -0.1) is 0 Å². The van der Waals surface area contributed by atoms with E-state index in [9.17, 15) is 13.6 Å². The summed E-state index contributed by atoms with van der Waals surface area (Å²) in [6, 6.07) is 12.4. The first-order valence-corrected chi connectivity index (χ1v) is 10.7. The van der Waals surface area contributed by atoms with Gasteiger partial charge in [-0.2, -0.15) is 0 Å². The molecular formula is C23H21F2N5OS. The molecule has 1 heterocycles. The Morgan fingerprint density at radius 1 is 1.06 bits per heavy atom. The molecule has 2 aromatic carbocycles. The van der Waals surface area contributed by atoms with E-state index in [4.69, 9.17) is 10.8 Å². The summed E-state index contributed by atoms with van der Waals surface area (Å²) >= 11 is 1.25. The third-order valence-electron chi connectivity index (χ3n) is 4.88. The van der Waals surface area contributed by atoms with E-state index in [2.05, 4.69) is 10.3 Å². The van der Waals surface area contributed by atoms with E-state index in [-0.39, 0.29) is 11.0 Å². The molecule has 9 heteroatoms. The molecule has 0 spiro atoms. The number of rotatable bonds is 4. The Balaban J connectivity index is 1.84. The van der Waals surface area contributed by atoms with Crippen molar-refractivity contribution in [1.29, 1.82) is 10.8 Å². The van der Waals surface area contributed by atoms with Crippen molar-refractivity contribution in [2.24, 2.45) is 0 Å².